The first kappa shape index (κ1) is 20.5. The van der Waals surface area contributed by atoms with Gasteiger partial charge in [0, 0.05) is 37.3 Å². The monoisotopic (exact) mass is 411 g/mol. The Kier molecular flexibility index (Phi) is 6.37. The highest BCUT2D eigenvalue weighted by atomic mass is 16.5. The number of anilines is 1. The normalized spacial score (nSPS) is 22.7. The summed E-state index contributed by atoms with van der Waals surface area (Å²) < 4.78 is 11.2. The Morgan fingerprint density at radius 3 is 2.63 bits per heavy atom. The molecule has 2 aliphatic heterocycles. The van der Waals surface area contributed by atoms with E-state index in [1.165, 1.54) is 6.20 Å². The van der Waals surface area contributed by atoms with Crippen molar-refractivity contribution in [2.75, 3.05) is 31.7 Å². The van der Waals surface area contributed by atoms with Gasteiger partial charge in [-0.3, -0.25) is 14.6 Å². The smallest absolute Gasteiger partial charge is 0.257 e. The molecule has 3 heterocycles. The first-order valence-electron chi connectivity index (χ1n) is 10.1. The Morgan fingerprint density at radius 2 is 1.97 bits per heavy atom. The molecule has 0 radical (unpaired) electrons. The zero-order valence-corrected chi connectivity index (χ0v) is 16.6. The van der Waals surface area contributed by atoms with Crippen LogP contribution in [-0.4, -0.2) is 65.3 Å². The molecule has 0 aliphatic carbocycles. The van der Waals surface area contributed by atoms with E-state index < -0.39 is 12.1 Å². The van der Waals surface area contributed by atoms with Crippen LogP contribution in [0.2, 0.25) is 0 Å². The number of benzene rings is 1. The Labute approximate surface area is 174 Å². The second-order valence-corrected chi connectivity index (χ2v) is 7.44. The number of nitrogens with one attached hydrogen (secondary N) is 1. The summed E-state index contributed by atoms with van der Waals surface area (Å²) >= 11 is 0. The van der Waals surface area contributed by atoms with Gasteiger partial charge in [-0.25, -0.2) is 0 Å². The molecule has 0 bridgehead atoms. The molecular formula is C22H25N3O5. The molecule has 2 unspecified atom stereocenters. The quantitative estimate of drug-likeness (QED) is 0.778. The van der Waals surface area contributed by atoms with E-state index >= 15 is 0 Å². The summed E-state index contributed by atoms with van der Waals surface area (Å²) in [6.07, 6.45) is 4.20. The van der Waals surface area contributed by atoms with E-state index in [9.17, 15) is 14.7 Å². The number of pyridine rings is 1. The molecule has 2 N–H and O–H groups in total. The van der Waals surface area contributed by atoms with Crippen LogP contribution >= 0.6 is 0 Å². The number of carbonyl (C=O) groups excluding carboxylic acids is 2. The van der Waals surface area contributed by atoms with E-state index in [4.69, 9.17) is 9.47 Å². The Balaban J connectivity index is 1.48. The molecule has 8 nitrogen and oxygen atoms in total. The number of hydrogen-bond donors (Lipinski definition) is 2. The summed E-state index contributed by atoms with van der Waals surface area (Å²) in [7, 11) is 0. The number of hydrogen-bond acceptors (Lipinski definition) is 6. The van der Waals surface area contributed by atoms with Crippen molar-refractivity contribution < 1.29 is 24.2 Å². The molecular weight excluding hydrogens is 386 g/mol. The van der Waals surface area contributed by atoms with Gasteiger partial charge in [0.2, 0.25) is 5.91 Å². The maximum absolute atomic E-state index is 12.5. The molecule has 1 aromatic heterocycles. The van der Waals surface area contributed by atoms with E-state index in [0.29, 0.717) is 24.5 Å². The standard InChI is InChI=1S/C22H25N3O5/c26-13-19-21(30-14-20(27)25(19)18-7-10-29-11-8-18)15-3-5-17(6-4-15)24-22(28)16-2-1-9-23-12-16/h1-6,9,12,18-19,21,26H,7-8,10-11,13-14H2,(H,24,28). The third-order valence-corrected chi connectivity index (χ3v) is 5.57. The summed E-state index contributed by atoms with van der Waals surface area (Å²) in [5.74, 6) is -0.341. The number of rotatable bonds is 5. The van der Waals surface area contributed by atoms with E-state index in [-0.39, 0.29) is 31.1 Å². The van der Waals surface area contributed by atoms with Gasteiger partial charge in [0.1, 0.15) is 12.7 Å². The second-order valence-electron chi connectivity index (χ2n) is 7.44. The Bertz CT molecular complexity index is 868. The number of carbonyl (C=O) groups is 2. The van der Waals surface area contributed by atoms with Crippen LogP contribution in [0.4, 0.5) is 5.69 Å². The number of nitrogens with zero attached hydrogens (tertiary/aromatic N) is 2. The molecule has 30 heavy (non-hydrogen) atoms. The van der Waals surface area contributed by atoms with Crippen molar-refractivity contribution in [3.63, 3.8) is 0 Å². The van der Waals surface area contributed by atoms with Gasteiger partial charge < -0.3 is 24.8 Å². The molecule has 1 aromatic carbocycles. The average Bonchev–Trinajstić information content (AvgIpc) is 2.80. The molecule has 2 aromatic rings. The number of aromatic nitrogens is 1. The fourth-order valence-corrected chi connectivity index (χ4v) is 4.07. The summed E-state index contributed by atoms with van der Waals surface area (Å²) in [5.41, 5.74) is 1.96. The third kappa shape index (κ3) is 4.35. The van der Waals surface area contributed by atoms with Crippen molar-refractivity contribution >= 4 is 17.5 Å². The Morgan fingerprint density at radius 1 is 1.20 bits per heavy atom. The van der Waals surface area contributed by atoms with Gasteiger partial charge in [0.25, 0.3) is 5.91 Å². The van der Waals surface area contributed by atoms with Gasteiger partial charge in [-0.05, 0) is 42.7 Å². The van der Waals surface area contributed by atoms with Crippen LogP contribution in [0.5, 0.6) is 0 Å². The minimum Gasteiger partial charge on any atom is -0.394 e. The topological polar surface area (TPSA) is 101 Å². The van der Waals surface area contributed by atoms with Crippen molar-refractivity contribution in [2.24, 2.45) is 0 Å². The van der Waals surface area contributed by atoms with Crippen LogP contribution in [-0.2, 0) is 14.3 Å². The SMILES string of the molecule is O=C(Nc1ccc(C2OCC(=O)N(C3CCOCC3)C2CO)cc1)c1cccnc1. The number of aliphatic hydroxyl groups excluding tert-OH is 1. The second kappa shape index (κ2) is 9.34. The molecule has 2 aliphatic rings. The zero-order valence-electron chi connectivity index (χ0n) is 16.6. The minimum absolute atomic E-state index is 0.0159. The summed E-state index contributed by atoms with van der Waals surface area (Å²) in [5, 5.41) is 12.9. The lowest BCUT2D eigenvalue weighted by molar-refractivity contribution is -0.168. The van der Waals surface area contributed by atoms with Gasteiger partial charge >= 0.3 is 0 Å². The number of morpholine rings is 1. The van der Waals surface area contributed by atoms with Crippen molar-refractivity contribution in [1.82, 2.24) is 9.88 Å². The van der Waals surface area contributed by atoms with Crippen molar-refractivity contribution in [1.29, 1.82) is 0 Å². The number of amides is 2. The molecule has 2 amide bonds. The molecule has 0 saturated carbocycles. The largest absolute Gasteiger partial charge is 0.394 e. The minimum atomic E-state index is -0.454. The maximum Gasteiger partial charge on any atom is 0.257 e. The van der Waals surface area contributed by atoms with E-state index in [1.807, 2.05) is 12.1 Å². The average molecular weight is 411 g/mol. The van der Waals surface area contributed by atoms with Crippen LogP contribution in [0.1, 0.15) is 34.9 Å². The lowest BCUT2D eigenvalue weighted by atomic mass is 9.95. The van der Waals surface area contributed by atoms with Crippen LogP contribution < -0.4 is 5.32 Å². The number of ether oxygens (including phenoxy) is 2. The summed E-state index contributed by atoms with van der Waals surface area (Å²) in [6, 6.07) is 10.3. The van der Waals surface area contributed by atoms with Gasteiger partial charge in [-0.15, -0.1) is 0 Å². The van der Waals surface area contributed by atoms with Crippen LogP contribution in [0.25, 0.3) is 0 Å². The van der Waals surface area contributed by atoms with E-state index in [0.717, 1.165) is 18.4 Å². The lowest BCUT2D eigenvalue weighted by Crippen LogP contribution is -2.57. The highest BCUT2D eigenvalue weighted by Gasteiger charge is 2.41. The zero-order chi connectivity index (χ0) is 20.9. The fourth-order valence-electron chi connectivity index (χ4n) is 4.07. The molecule has 4 rings (SSSR count). The molecule has 2 atom stereocenters. The van der Waals surface area contributed by atoms with Crippen molar-refractivity contribution in [3.8, 4) is 0 Å². The van der Waals surface area contributed by atoms with Gasteiger partial charge in [0.15, 0.2) is 0 Å². The van der Waals surface area contributed by atoms with Gasteiger partial charge in [-0.2, -0.15) is 0 Å². The third-order valence-electron chi connectivity index (χ3n) is 5.57. The highest BCUT2D eigenvalue weighted by molar-refractivity contribution is 6.04. The predicted octanol–water partition coefficient (Wildman–Crippen LogP) is 1.77. The first-order valence-corrected chi connectivity index (χ1v) is 10.1. The predicted molar refractivity (Wildman–Crippen MR) is 109 cm³/mol. The van der Waals surface area contributed by atoms with Crippen molar-refractivity contribution in [3.05, 3.63) is 59.9 Å². The van der Waals surface area contributed by atoms with Crippen molar-refractivity contribution in [2.45, 2.75) is 31.0 Å². The van der Waals surface area contributed by atoms with Gasteiger partial charge in [0.05, 0.1) is 18.2 Å². The molecule has 0 spiro atoms. The summed E-state index contributed by atoms with van der Waals surface area (Å²) in [4.78, 5) is 30.6. The van der Waals surface area contributed by atoms with Gasteiger partial charge in [-0.1, -0.05) is 12.1 Å². The van der Waals surface area contributed by atoms with Crippen LogP contribution in [0.15, 0.2) is 48.8 Å². The first-order chi connectivity index (χ1) is 14.7. The molecule has 2 saturated heterocycles. The number of aliphatic hydroxyl groups is 1. The Hall–Kier alpha value is -2.81. The molecule has 8 heteroatoms. The van der Waals surface area contributed by atoms with Crippen LogP contribution in [0.3, 0.4) is 0 Å². The molecule has 2 fully saturated rings. The maximum atomic E-state index is 12.5. The fraction of sp³-hybridized carbons (Fsp3) is 0.409. The highest BCUT2D eigenvalue weighted by Crippen LogP contribution is 2.33. The van der Waals surface area contributed by atoms with E-state index in [1.54, 1.807) is 35.4 Å². The lowest BCUT2D eigenvalue weighted by Gasteiger charge is -2.45. The van der Waals surface area contributed by atoms with E-state index in [2.05, 4.69) is 10.3 Å². The molecule has 158 valence electrons. The summed E-state index contributed by atoms with van der Waals surface area (Å²) in [6.45, 7) is 1.03. The van der Waals surface area contributed by atoms with Crippen LogP contribution in [0, 0.1) is 0 Å².